The van der Waals surface area contributed by atoms with Crippen molar-refractivity contribution in [3.05, 3.63) is 53.7 Å². The van der Waals surface area contributed by atoms with E-state index in [2.05, 4.69) is 52.9 Å². The standard InChI is InChI=1S/C22H27N3O/c1-3-19-9-6-7-13-24(19)22(26)18-11-12-23-21(15-18)25-16(2)14-17-8-4-5-10-20(17)25/h4-5,8,10-12,15-16,19H,3,6-7,9,13-14H2,1-2H3. The quantitative estimate of drug-likeness (QED) is 0.814. The SMILES string of the molecule is CCC1CCCCN1C(=O)c1ccnc(N2c3ccccc3CC2C)c1. The number of hydrogen-bond donors (Lipinski definition) is 0. The first-order valence-electron chi connectivity index (χ1n) is 9.83. The van der Waals surface area contributed by atoms with E-state index in [4.69, 9.17) is 0 Å². The van der Waals surface area contributed by atoms with Crippen molar-refractivity contribution in [2.45, 2.75) is 58.0 Å². The van der Waals surface area contributed by atoms with Gasteiger partial charge in [0.1, 0.15) is 5.82 Å². The van der Waals surface area contributed by atoms with Gasteiger partial charge in [0.25, 0.3) is 5.91 Å². The summed E-state index contributed by atoms with van der Waals surface area (Å²) in [6, 6.07) is 13.0. The van der Waals surface area contributed by atoms with Crippen LogP contribution < -0.4 is 4.90 Å². The lowest BCUT2D eigenvalue weighted by molar-refractivity contribution is 0.0608. The van der Waals surface area contributed by atoms with Crippen molar-refractivity contribution in [3.63, 3.8) is 0 Å². The van der Waals surface area contributed by atoms with Gasteiger partial charge in [-0.2, -0.15) is 0 Å². The van der Waals surface area contributed by atoms with Crippen LogP contribution in [0, 0.1) is 0 Å². The van der Waals surface area contributed by atoms with Crippen molar-refractivity contribution in [3.8, 4) is 0 Å². The van der Waals surface area contributed by atoms with Crippen LogP contribution in [0.15, 0.2) is 42.6 Å². The largest absolute Gasteiger partial charge is 0.336 e. The molecule has 1 saturated heterocycles. The van der Waals surface area contributed by atoms with Gasteiger partial charge >= 0.3 is 0 Å². The summed E-state index contributed by atoms with van der Waals surface area (Å²) in [6.45, 7) is 5.27. The number of anilines is 2. The monoisotopic (exact) mass is 349 g/mol. The summed E-state index contributed by atoms with van der Waals surface area (Å²) in [7, 11) is 0. The number of rotatable bonds is 3. The molecule has 0 aliphatic carbocycles. The average molecular weight is 349 g/mol. The Morgan fingerprint density at radius 1 is 1.23 bits per heavy atom. The third kappa shape index (κ3) is 2.98. The molecular weight excluding hydrogens is 322 g/mol. The van der Waals surface area contributed by atoms with E-state index >= 15 is 0 Å². The van der Waals surface area contributed by atoms with Crippen molar-refractivity contribution in [2.24, 2.45) is 0 Å². The molecule has 1 aromatic heterocycles. The predicted molar refractivity (Wildman–Crippen MR) is 105 cm³/mol. The zero-order chi connectivity index (χ0) is 18.1. The molecule has 2 atom stereocenters. The number of para-hydroxylation sites is 1. The van der Waals surface area contributed by atoms with Crippen LogP contribution in [0.25, 0.3) is 0 Å². The molecule has 2 aromatic rings. The Morgan fingerprint density at radius 2 is 2.08 bits per heavy atom. The molecule has 1 aromatic carbocycles. The zero-order valence-electron chi connectivity index (χ0n) is 15.7. The first-order valence-corrected chi connectivity index (χ1v) is 9.83. The first kappa shape index (κ1) is 17.1. The highest BCUT2D eigenvalue weighted by Crippen LogP contribution is 2.37. The molecule has 4 nitrogen and oxygen atoms in total. The first-order chi connectivity index (χ1) is 12.7. The molecule has 2 unspecified atom stereocenters. The summed E-state index contributed by atoms with van der Waals surface area (Å²) in [4.78, 5) is 22.1. The maximum Gasteiger partial charge on any atom is 0.254 e. The molecule has 0 spiro atoms. The Kier molecular flexibility index (Phi) is 4.66. The molecule has 0 radical (unpaired) electrons. The Labute approximate surface area is 155 Å². The fourth-order valence-corrected chi connectivity index (χ4v) is 4.46. The van der Waals surface area contributed by atoms with E-state index in [1.807, 2.05) is 12.1 Å². The molecule has 1 amide bonds. The fourth-order valence-electron chi connectivity index (χ4n) is 4.46. The molecule has 2 aliphatic rings. The smallest absolute Gasteiger partial charge is 0.254 e. The molecular formula is C22H27N3O. The second kappa shape index (κ2) is 7.10. The number of carbonyl (C=O) groups excluding carboxylic acids is 1. The summed E-state index contributed by atoms with van der Waals surface area (Å²) in [5.74, 6) is 1.03. The van der Waals surface area contributed by atoms with Gasteiger partial charge in [0.15, 0.2) is 0 Å². The molecule has 1 fully saturated rings. The second-order valence-corrected chi connectivity index (χ2v) is 7.51. The molecule has 0 saturated carbocycles. The Balaban J connectivity index is 1.64. The third-order valence-corrected chi connectivity index (χ3v) is 5.81. The van der Waals surface area contributed by atoms with E-state index in [9.17, 15) is 4.79 Å². The number of fused-ring (bicyclic) bond motifs is 1. The van der Waals surface area contributed by atoms with Gasteiger partial charge in [-0.05, 0) is 62.8 Å². The maximum atomic E-state index is 13.1. The second-order valence-electron chi connectivity index (χ2n) is 7.51. The van der Waals surface area contributed by atoms with E-state index in [1.165, 1.54) is 17.7 Å². The highest BCUT2D eigenvalue weighted by molar-refractivity contribution is 5.95. The minimum Gasteiger partial charge on any atom is -0.336 e. The molecule has 4 heteroatoms. The topological polar surface area (TPSA) is 36.4 Å². The number of piperidine rings is 1. The Morgan fingerprint density at radius 3 is 2.92 bits per heavy atom. The van der Waals surface area contributed by atoms with Crippen LogP contribution in [-0.2, 0) is 6.42 Å². The van der Waals surface area contributed by atoms with Crippen LogP contribution in [0.1, 0.15) is 55.5 Å². The average Bonchev–Trinajstić information content (AvgIpc) is 3.03. The molecule has 26 heavy (non-hydrogen) atoms. The highest BCUT2D eigenvalue weighted by Gasteiger charge is 2.30. The lowest BCUT2D eigenvalue weighted by atomic mass is 9.99. The molecule has 4 rings (SSSR count). The van der Waals surface area contributed by atoms with Crippen molar-refractivity contribution in [1.29, 1.82) is 0 Å². The third-order valence-electron chi connectivity index (χ3n) is 5.81. The number of nitrogens with zero attached hydrogens (tertiary/aromatic N) is 3. The molecule has 2 aliphatic heterocycles. The normalized spacial score (nSPS) is 22.4. The van der Waals surface area contributed by atoms with E-state index in [0.29, 0.717) is 12.1 Å². The number of benzene rings is 1. The maximum absolute atomic E-state index is 13.1. The highest BCUT2D eigenvalue weighted by atomic mass is 16.2. The van der Waals surface area contributed by atoms with Crippen molar-refractivity contribution < 1.29 is 4.79 Å². The van der Waals surface area contributed by atoms with Gasteiger partial charge in [-0.1, -0.05) is 25.1 Å². The summed E-state index contributed by atoms with van der Waals surface area (Å²) in [6.07, 6.45) is 7.28. The summed E-state index contributed by atoms with van der Waals surface area (Å²) in [5, 5.41) is 0. The van der Waals surface area contributed by atoms with Crippen LogP contribution in [0.3, 0.4) is 0 Å². The van der Waals surface area contributed by atoms with Crippen molar-refractivity contribution >= 4 is 17.4 Å². The van der Waals surface area contributed by atoms with Gasteiger partial charge < -0.3 is 9.80 Å². The van der Waals surface area contributed by atoms with Gasteiger partial charge in [0, 0.05) is 36.1 Å². The van der Waals surface area contributed by atoms with E-state index in [1.54, 1.807) is 6.20 Å². The van der Waals surface area contributed by atoms with Gasteiger partial charge in [0.2, 0.25) is 0 Å². The molecule has 136 valence electrons. The summed E-state index contributed by atoms with van der Waals surface area (Å²) < 4.78 is 0. The number of pyridine rings is 1. The fraction of sp³-hybridized carbons (Fsp3) is 0.455. The van der Waals surface area contributed by atoms with Gasteiger partial charge in [-0.15, -0.1) is 0 Å². The van der Waals surface area contributed by atoms with Crippen molar-refractivity contribution in [1.82, 2.24) is 9.88 Å². The van der Waals surface area contributed by atoms with Gasteiger partial charge in [-0.25, -0.2) is 4.98 Å². The van der Waals surface area contributed by atoms with E-state index in [-0.39, 0.29) is 5.91 Å². The van der Waals surface area contributed by atoms with Crippen LogP contribution in [-0.4, -0.2) is 34.4 Å². The number of aromatic nitrogens is 1. The van der Waals surface area contributed by atoms with Crippen LogP contribution in [0.2, 0.25) is 0 Å². The predicted octanol–water partition coefficient (Wildman–Crippen LogP) is 4.57. The lowest BCUT2D eigenvalue weighted by Gasteiger charge is -2.35. The Bertz CT molecular complexity index is 803. The number of carbonyl (C=O) groups is 1. The molecule has 0 N–H and O–H groups in total. The zero-order valence-corrected chi connectivity index (χ0v) is 15.7. The van der Waals surface area contributed by atoms with Crippen LogP contribution in [0.4, 0.5) is 11.5 Å². The van der Waals surface area contributed by atoms with E-state index < -0.39 is 0 Å². The lowest BCUT2D eigenvalue weighted by Crippen LogP contribution is -2.43. The number of amides is 1. The number of likely N-dealkylation sites (tertiary alicyclic amines) is 1. The molecule has 3 heterocycles. The van der Waals surface area contributed by atoms with E-state index in [0.717, 1.165) is 43.6 Å². The number of hydrogen-bond acceptors (Lipinski definition) is 3. The Hall–Kier alpha value is -2.36. The minimum atomic E-state index is 0.153. The summed E-state index contributed by atoms with van der Waals surface area (Å²) in [5.41, 5.74) is 3.31. The molecule has 0 bridgehead atoms. The minimum absolute atomic E-state index is 0.153. The van der Waals surface area contributed by atoms with Gasteiger partial charge in [0.05, 0.1) is 0 Å². The van der Waals surface area contributed by atoms with Gasteiger partial charge in [-0.3, -0.25) is 4.79 Å². The van der Waals surface area contributed by atoms with Crippen molar-refractivity contribution in [2.75, 3.05) is 11.4 Å². The van der Waals surface area contributed by atoms with Crippen LogP contribution >= 0.6 is 0 Å². The van der Waals surface area contributed by atoms with Crippen LogP contribution in [0.5, 0.6) is 0 Å². The summed E-state index contributed by atoms with van der Waals surface area (Å²) >= 11 is 0.